The largest absolute Gasteiger partial charge is 0.497 e. The second-order valence-electron chi connectivity index (χ2n) is 10.7. The Morgan fingerprint density at radius 1 is 0.881 bits per heavy atom. The highest BCUT2D eigenvalue weighted by atomic mass is 32.2. The molecule has 0 amide bonds. The molecule has 0 unspecified atom stereocenters. The normalized spacial score (nSPS) is 14.4. The van der Waals surface area contributed by atoms with Crippen molar-refractivity contribution < 1.29 is 13.2 Å². The molecule has 2 aromatic carbocycles. The molecule has 216 valence electrons. The van der Waals surface area contributed by atoms with Crippen molar-refractivity contribution in [2.24, 2.45) is 0 Å². The van der Waals surface area contributed by atoms with E-state index in [2.05, 4.69) is 56.9 Å². The summed E-state index contributed by atoms with van der Waals surface area (Å²) in [6, 6.07) is 19.2. The molecule has 6 rings (SSSR count). The number of methoxy groups -OCH3 is 1. The lowest BCUT2D eigenvalue weighted by Crippen LogP contribution is -2.48. The van der Waals surface area contributed by atoms with Crippen LogP contribution in [0.25, 0.3) is 22.3 Å². The van der Waals surface area contributed by atoms with Gasteiger partial charge < -0.3 is 14.6 Å². The molecule has 4 heterocycles. The van der Waals surface area contributed by atoms with Gasteiger partial charge in [0.15, 0.2) is 5.65 Å². The number of hydrogen-bond donors (Lipinski definition) is 1. The molecular weight excluding hydrogens is 548 g/mol. The second-order valence-corrected chi connectivity index (χ2v) is 12.6. The number of piperazine rings is 1. The maximum atomic E-state index is 13.4. The zero-order chi connectivity index (χ0) is 29.3. The van der Waals surface area contributed by atoms with Gasteiger partial charge in [0, 0.05) is 68.0 Å². The van der Waals surface area contributed by atoms with E-state index in [1.54, 1.807) is 35.9 Å². The number of imidazole rings is 1. The molecule has 3 aromatic heterocycles. The molecule has 1 aliphatic heterocycles. The lowest BCUT2D eigenvalue weighted by molar-refractivity contribution is 0.385. The first kappa shape index (κ1) is 27.9. The highest BCUT2D eigenvalue weighted by Gasteiger charge is 2.29. The molecule has 0 radical (unpaired) electrons. The van der Waals surface area contributed by atoms with Crippen molar-refractivity contribution in [3.05, 3.63) is 95.7 Å². The minimum atomic E-state index is -3.59. The molecule has 0 atom stereocenters. The minimum Gasteiger partial charge on any atom is -0.497 e. The maximum Gasteiger partial charge on any atom is 0.243 e. The van der Waals surface area contributed by atoms with Crippen molar-refractivity contribution in [3.63, 3.8) is 0 Å². The summed E-state index contributed by atoms with van der Waals surface area (Å²) >= 11 is 0. The Kier molecular flexibility index (Phi) is 7.66. The summed E-state index contributed by atoms with van der Waals surface area (Å²) in [6.45, 7) is 6.42. The van der Waals surface area contributed by atoms with Gasteiger partial charge in [-0.2, -0.15) is 4.31 Å². The zero-order valence-electron chi connectivity index (χ0n) is 24.0. The topological polar surface area (TPSA) is 104 Å². The molecule has 0 saturated carbocycles. The molecule has 1 fully saturated rings. The number of H-pyrrole nitrogens is 1. The number of nitrogens with zero attached hydrogens (tertiary/aromatic N) is 5. The van der Waals surface area contributed by atoms with Gasteiger partial charge in [0.2, 0.25) is 10.0 Å². The second kappa shape index (κ2) is 11.5. The van der Waals surface area contributed by atoms with Crippen LogP contribution in [0, 0.1) is 13.8 Å². The molecule has 10 heteroatoms. The van der Waals surface area contributed by atoms with Gasteiger partial charge in [0.05, 0.1) is 17.5 Å². The molecule has 1 saturated heterocycles. The summed E-state index contributed by atoms with van der Waals surface area (Å²) < 4.78 is 33.7. The third kappa shape index (κ3) is 5.73. The molecule has 0 bridgehead atoms. The van der Waals surface area contributed by atoms with E-state index in [4.69, 9.17) is 4.74 Å². The van der Waals surface area contributed by atoms with Gasteiger partial charge in [-0.15, -0.1) is 0 Å². The molecule has 9 nitrogen and oxygen atoms in total. The average molecular weight is 583 g/mol. The molecule has 5 aromatic rings. The van der Waals surface area contributed by atoms with Gasteiger partial charge in [0.1, 0.15) is 11.6 Å². The SMILES string of the molecule is COc1ccnc(CCc2nc3ncc(-c4ccc(S(=O)(=O)N5CCN(c6ccc(C)cc6C)CC5)cc4)cc3[nH]2)c1. The Labute approximate surface area is 246 Å². The molecule has 0 aliphatic carbocycles. The average Bonchev–Trinajstić information content (AvgIpc) is 3.43. The molecule has 1 aliphatic rings. The van der Waals surface area contributed by atoms with E-state index in [0.717, 1.165) is 40.3 Å². The number of rotatable bonds is 8. The summed E-state index contributed by atoms with van der Waals surface area (Å²) in [6.07, 6.45) is 4.93. The Balaban J connectivity index is 1.12. The van der Waals surface area contributed by atoms with Gasteiger partial charge in [-0.3, -0.25) is 4.98 Å². The van der Waals surface area contributed by atoms with Crippen LogP contribution >= 0.6 is 0 Å². The summed E-state index contributed by atoms with van der Waals surface area (Å²) in [4.78, 5) is 19.5. The number of aryl methyl sites for hydroxylation is 4. The van der Waals surface area contributed by atoms with Gasteiger partial charge >= 0.3 is 0 Å². The predicted octanol–water partition coefficient (Wildman–Crippen LogP) is 4.94. The van der Waals surface area contributed by atoms with Crippen LogP contribution in [0.1, 0.15) is 22.6 Å². The van der Waals surface area contributed by atoms with Gasteiger partial charge in [-0.25, -0.2) is 18.4 Å². The van der Waals surface area contributed by atoms with Crippen LogP contribution in [0.4, 0.5) is 5.69 Å². The third-order valence-corrected chi connectivity index (χ3v) is 9.70. The minimum absolute atomic E-state index is 0.301. The van der Waals surface area contributed by atoms with Crippen LogP contribution < -0.4 is 9.64 Å². The van der Waals surface area contributed by atoms with Crippen molar-refractivity contribution >= 4 is 26.9 Å². The standard InChI is InChI=1S/C32H34N6O3S/c1-22-4-10-30(23(2)18-22)37-14-16-38(17-15-37)42(39,40)28-8-5-24(6-9-28)25-19-29-32(34-21-25)36-31(35-29)11-7-26-20-27(41-3)12-13-33-26/h4-6,8-10,12-13,18-21H,7,11,14-17H2,1-3H3,(H,34,35,36). The predicted molar refractivity (Wildman–Crippen MR) is 164 cm³/mol. The lowest BCUT2D eigenvalue weighted by atomic mass is 10.1. The first-order chi connectivity index (χ1) is 20.3. The fourth-order valence-corrected chi connectivity index (χ4v) is 6.91. The number of fused-ring (bicyclic) bond motifs is 1. The van der Waals surface area contributed by atoms with Crippen LogP contribution in [0.2, 0.25) is 0 Å². The fourth-order valence-electron chi connectivity index (χ4n) is 5.49. The van der Waals surface area contributed by atoms with Crippen molar-refractivity contribution in [3.8, 4) is 16.9 Å². The van der Waals surface area contributed by atoms with E-state index in [1.165, 1.54) is 16.8 Å². The van der Waals surface area contributed by atoms with E-state index >= 15 is 0 Å². The number of ether oxygens (including phenoxy) is 1. The highest BCUT2D eigenvalue weighted by molar-refractivity contribution is 7.89. The Bertz CT molecular complexity index is 1830. The number of anilines is 1. The summed E-state index contributed by atoms with van der Waals surface area (Å²) in [5, 5.41) is 0. The van der Waals surface area contributed by atoms with E-state index in [1.807, 2.05) is 30.3 Å². The number of benzene rings is 2. The Hall–Kier alpha value is -4.28. The van der Waals surface area contributed by atoms with Crippen molar-refractivity contribution in [2.45, 2.75) is 31.6 Å². The van der Waals surface area contributed by atoms with Crippen LogP contribution in [-0.2, 0) is 22.9 Å². The number of pyridine rings is 2. The highest BCUT2D eigenvalue weighted by Crippen LogP contribution is 2.27. The number of aromatic amines is 1. The molecular formula is C32H34N6O3S. The summed E-state index contributed by atoms with van der Waals surface area (Å²) in [5.74, 6) is 1.61. The van der Waals surface area contributed by atoms with Gasteiger partial charge in [-0.1, -0.05) is 29.8 Å². The quantitative estimate of drug-likeness (QED) is 0.276. The lowest BCUT2D eigenvalue weighted by Gasteiger charge is -2.36. The molecule has 42 heavy (non-hydrogen) atoms. The maximum absolute atomic E-state index is 13.4. The van der Waals surface area contributed by atoms with Crippen LogP contribution in [0.5, 0.6) is 5.75 Å². The van der Waals surface area contributed by atoms with Crippen LogP contribution in [-0.4, -0.2) is 65.9 Å². The number of sulfonamides is 1. The van der Waals surface area contributed by atoms with Gasteiger partial charge in [-0.05, 0) is 61.7 Å². The van der Waals surface area contributed by atoms with Crippen molar-refractivity contribution in [1.82, 2.24) is 24.2 Å². The van der Waals surface area contributed by atoms with E-state index in [-0.39, 0.29) is 0 Å². The van der Waals surface area contributed by atoms with Crippen LogP contribution in [0.3, 0.4) is 0 Å². The van der Waals surface area contributed by atoms with E-state index in [0.29, 0.717) is 43.1 Å². The smallest absolute Gasteiger partial charge is 0.243 e. The van der Waals surface area contributed by atoms with E-state index in [9.17, 15) is 8.42 Å². The third-order valence-electron chi connectivity index (χ3n) is 7.79. The van der Waals surface area contributed by atoms with Crippen molar-refractivity contribution in [1.29, 1.82) is 0 Å². The molecule has 0 spiro atoms. The Morgan fingerprint density at radius 3 is 2.40 bits per heavy atom. The number of aromatic nitrogens is 4. The zero-order valence-corrected chi connectivity index (χ0v) is 24.9. The summed E-state index contributed by atoms with van der Waals surface area (Å²) in [5.41, 5.74) is 7.80. The monoisotopic (exact) mass is 582 g/mol. The Morgan fingerprint density at radius 2 is 1.67 bits per heavy atom. The van der Waals surface area contributed by atoms with Gasteiger partial charge in [0.25, 0.3) is 0 Å². The van der Waals surface area contributed by atoms with E-state index < -0.39 is 10.0 Å². The number of hydrogen-bond acceptors (Lipinski definition) is 7. The van der Waals surface area contributed by atoms with Crippen molar-refractivity contribution in [2.75, 3.05) is 38.2 Å². The number of nitrogens with one attached hydrogen (secondary N) is 1. The fraction of sp³-hybridized carbons (Fsp3) is 0.281. The van der Waals surface area contributed by atoms with Crippen LogP contribution in [0.15, 0.2) is 78.0 Å². The molecule has 1 N–H and O–H groups in total. The first-order valence-corrected chi connectivity index (χ1v) is 15.5. The first-order valence-electron chi connectivity index (χ1n) is 14.1. The summed E-state index contributed by atoms with van der Waals surface area (Å²) in [7, 11) is -1.94.